The SMILES string of the molecule is CCCC(N)C(=O)N1Cc2ccccc2C(c2ccccc2)C1. The maximum absolute atomic E-state index is 12.7. The quantitative estimate of drug-likeness (QED) is 0.942. The van der Waals surface area contributed by atoms with E-state index in [0.717, 1.165) is 12.8 Å². The average Bonchev–Trinajstić information content (AvgIpc) is 2.61. The monoisotopic (exact) mass is 308 g/mol. The summed E-state index contributed by atoms with van der Waals surface area (Å²) < 4.78 is 0. The van der Waals surface area contributed by atoms with E-state index in [1.807, 2.05) is 17.0 Å². The van der Waals surface area contributed by atoms with Crippen molar-refractivity contribution in [2.75, 3.05) is 6.54 Å². The van der Waals surface area contributed by atoms with E-state index in [1.165, 1.54) is 16.7 Å². The van der Waals surface area contributed by atoms with Crippen LogP contribution in [-0.4, -0.2) is 23.4 Å². The first kappa shape index (κ1) is 15.8. The second-order valence-corrected chi connectivity index (χ2v) is 6.28. The van der Waals surface area contributed by atoms with Crippen molar-refractivity contribution in [3.8, 4) is 0 Å². The third-order valence-electron chi connectivity index (χ3n) is 4.63. The van der Waals surface area contributed by atoms with Crippen LogP contribution < -0.4 is 5.73 Å². The first-order valence-corrected chi connectivity index (χ1v) is 8.37. The van der Waals surface area contributed by atoms with Crippen molar-refractivity contribution in [2.24, 2.45) is 5.73 Å². The number of nitrogens with two attached hydrogens (primary N) is 1. The molecule has 0 saturated carbocycles. The molecule has 0 saturated heterocycles. The van der Waals surface area contributed by atoms with Gasteiger partial charge in [-0.15, -0.1) is 0 Å². The van der Waals surface area contributed by atoms with E-state index in [2.05, 4.69) is 49.4 Å². The fraction of sp³-hybridized carbons (Fsp3) is 0.350. The van der Waals surface area contributed by atoms with E-state index in [9.17, 15) is 4.79 Å². The molecule has 0 aliphatic carbocycles. The molecular formula is C20H24N2O. The topological polar surface area (TPSA) is 46.3 Å². The zero-order valence-electron chi connectivity index (χ0n) is 13.6. The fourth-order valence-electron chi connectivity index (χ4n) is 3.41. The van der Waals surface area contributed by atoms with Crippen molar-refractivity contribution in [1.29, 1.82) is 0 Å². The largest absolute Gasteiger partial charge is 0.336 e. The Bertz CT molecular complexity index is 668. The molecule has 3 nitrogen and oxygen atoms in total. The van der Waals surface area contributed by atoms with Gasteiger partial charge in [0.25, 0.3) is 0 Å². The number of hydrogen-bond donors (Lipinski definition) is 1. The van der Waals surface area contributed by atoms with Crippen molar-refractivity contribution < 1.29 is 4.79 Å². The molecule has 2 unspecified atom stereocenters. The van der Waals surface area contributed by atoms with Crippen LogP contribution in [0.15, 0.2) is 54.6 Å². The Balaban J connectivity index is 1.92. The second kappa shape index (κ2) is 6.97. The van der Waals surface area contributed by atoms with Gasteiger partial charge in [0.2, 0.25) is 5.91 Å². The van der Waals surface area contributed by atoms with E-state index in [0.29, 0.717) is 13.1 Å². The summed E-state index contributed by atoms with van der Waals surface area (Å²) in [4.78, 5) is 14.6. The zero-order valence-corrected chi connectivity index (χ0v) is 13.6. The summed E-state index contributed by atoms with van der Waals surface area (Å²) in [6.07, 6.45) is 1.67. The molecule has 0 radical (unpaired) electrons. The van der Waals surface area contributed by atoms with Crippen LogP contribution in [0.3, 0.4) is 0 Å². The Morgan fingerprint density at radius 3 is 2.61 bits per heavy atom. The molecule has 2 aromatic rings. The highest BCUT2D eigenvalue weighted by Gasteiger charge is 2.30. The van der Waals surface area contributed by atoms with Gasteiger partial charge in [0.15, 0.2) is 0 Å². The van der Waals surface area contributed by atoms with Gasteiger partial charge in [0.05, 0.1) is 6.04 Å². The van der Waals surface area contributed by atoms with Gasteiger partial charge in [-0.2, -0.15) is 0 Å². The van der Waals surface area contributed by atoms with E-state index < -0.39 is 0 Å². The molecule has 0 bridgehead atoms. The Hall–Kier alpha value is -2.13. The van der Waals surface area contributed by atoms with Crippen molar-refractivity contribution in [2.45, 2.75) is 38.3 Å². The van der Waals surface area contributed by atoms with Crippen molar-refractivity contribution >= 4 is 5.91 Å². The molecule has 2 atom stereocenters. The summed E-state index contributed by atoms with van der Waals surface area (Å²) in [6, 6.07) is 18.5. The fourth-order valence-corrected chi connectivity index (χ4v) is 3.41. The zero-order chi connectivity index (χ0) is 16.2. The second-order valence-electron chi connectivity index (χ2n) is 6.28. The first-order chi connectivity index (χ1) is 11.2. The number of hydrogen-bond acceptors (Lipinski definition) is 2. The smallest absolute Gasteiger partial charge is 0.239 e. The average molecular weight is 308 g/mol. The lowest BCUT2D eigenvalue weighted by molar-refractivity contribution is -0.133. The molecule has 3 heteroatoms. The van der Waals surface area contributed by atoms with Crippen LogP contribution in [0.25, 0.3) is 0 Å². The lowest BCUT2D eigenvalue weighted by atomic mass is 9.84. The van der Waals surface area contributed by atoms with E-state index >= 15 is 0 Å². The van der Waals surface area contributed by atoms with Crippen LogP contribution >= 0.6 is 0 Å². The molecule has 1 aliphatic rings. The molecule has 120 valence electrons. The van der Waals surface area contributed by atoms with Gasteiger partial charge in [-0.25, -0.2) is 0 Å². The molecular weight excluding hydrogens is 284 g/mol. The molecule has 23 heavy (non-hydrogen) atoms. The lowest BCUT2D eigenvalue weighted by Crippen LogP contribution is -2.47. The van der Waals surface area contributed by atoms with Gasteiger partial charge in [-0.3, -0.25) is 4.79 Å². The third kappa shape index (κ3) is 3.30. The summed E-state index contributed by atoms with van der Waals surface area (Å²) >= 11 is 0. The standard InChI is InChI=1S/C20H24N2O/c1-2-8-19(21)20(23)22-13-16-11-6-7-12-17(16)18(14-22)15-9-4-3-5-10-15/h3-7,9-12,18-19H,2,8,13-14,21H2,1H3. The Morgan fingerprint density at radius 1 is 1.17 bits per heavy atom. The highest BCUT2D eigenvalue weighted by molar-refractivity contribution is 5.82. The highest BCUT2D eigenvalue weighted by atomic mass is 16.2. The predicted molar refractivity (Wildman–Crippen MR) is 93.0 cm³/mol. The van der Waals surface area contributed by atoms with Crippen LogP contribution in [0, 0.1) is 0 Å². The van der Waals surface area contributed by atoms with Gasteiger partial charge < -0.3 is 10.6 Å². The molecule has 1 aliphatic heterocycles. The Labute approximate surface area is 138 Å². The van der Waals surface area contributed by atoms with Gasteiger partial charge in [0.1, 0.15) is 0 Å². The van der Waals surface area contributed by atoms with Gasteiger partial charge >= 0.3 is 0 Å². The van der Waals surface area contributed by atoms with Gasteiger partial charge in [-0.05, 0) is 23.1 Å². The molecule has 0 spiro atoms. The molecule has 3 rings (SSSR count). The first-order valence-electron chi connectivity index (χ1n) is 8.37. The molecule has 0 aromatic heterocycles. The number of fused-ring (bicyclic) bond motifs is 1. The van der Waals surface area contributed by atoms with Crippen LogP contribution in [0.1, 0.15) is 42.4 Å². The maximum atomic E-state index is 12.7. The van der Waals surface area contributed by atoms with Crippen molar-refractivity contribution in [1.82, 2.24) is 4.90 Å². The van der Waals surface area contributed by atoms with Crippen molar-refractivity contribution in [3.05, 3.63) is 71.3 Å². The van der Waals surface area contributed by atoms with Crippen molar-refractivity contribution in [3.63, 3.8) is 0 Å². The van der Waals surface area contributed by atoms with Gasteiger partial charge in [-0.1, -0.05) is 67.9 Å². The Kier molecular flexibility index (Phi) is 4.77. The number of nitrogens with zero attached hydrogens (tertiary/aromatic N) is 1. The molecule has 0 fully saturated rings. The number of rotatable bonds is 4. The number of carbonyl (C=O) groups excluding carboxylic acids is 1. The minimum atomic E-state index is -0.387. The summed E-state index contributed by atoms with van der Waals surface area (Å²) in [5.41, 5.74) is 9.88. The molecule has 2 N–H and O–H groups in total. The normalized spacial score (nSPS) is 18.3. The molecule has 2 aromatic carbocycles. The molecule has 1 heterocycles. The van der Waals surface area contributed by atoms with Crippen LogP contribution in [0.5, 0.6) is 0 Å². The van der Waals surface area contributed by atoms with E-state index in [1.54, 1.807) is 0 Å². The number of carbonyl (C=O) groups is 1. The Morgan fingerprint density at radius 2 is 1.87 bits per heavy atom. The number of benzene rings is 2. The van der Waals surface area contributed by atoms with E-state index in [4.69, 9.17) is 5.73 Å². The van der Waals surface area contributed by atoms with Gasteiger partial charge in [0, 0.05) is 19.0 Å². The predicted octanol–water partition coefficient (Wildman–Crippen LogP) is 3.29. The molecule has 1 amide bonds. The maximum Gasteiger partial charge on any atom is 0.239 e. The summed E-state index contributed by atoms with van der Waals surface area (Å²) in [5.74, 6) is 0.293. The minimum Gasteiger partial charge on any atom is -0.336 e. The highest BCUT2D eigenvalue weighted by Crippen LogP contribution is 2.33. The minimum absolute atomic E-state index is 0.0716. The summed E-state index contributed by atoms with van der Waals surface area (Å²) in [5, 5.41) is 0. The van der Waals surface area contributed by atoms with Crippen LogP contribution in [0.2, 0.25) is 0 Å². The lowest BCUT2D eigenvalue weighted by Gasteiger charge is -2.36. The third-order valence-corrected chi connectivity index (χ3v) is 4.63. The van der Waals surface area contributed by atoms with Crippen LogP contribution in [-0.2, 0) is 11.3 Å². The summed E-state index contributed by atoms with van der Waals surface area (Å²) in [7, 11) is 0. The van der Waals surface area contributed by atoms with Crippen LogP contribution in [0.4, 0.5) is 0 Å². The summed E-state index contributed by atoms with van der Waals surface area (Å²) in [6.45, 7) is 3.43. The van der Waals surface area contributed by atoms with E-state index in [-0.39, 0.29) is 17.9 Å². The number of amides is 1.